The van der Waals surface area contributed by atoms with Gasteiger partial charge in [0.25, 0.3) is 5.91 Å². The molecule has 3 N–H and O–H groups in total. The van der Waals surface area contributed by atoms with Gasteiger partial charge in [0.1, 0.15) is 0 Å². The van der Waals surface area contributed by atoms with Gasteiger partial charge in [0, 0.05) is 38.6 Å². The minimum Gasteiger partial charge on any atom is -0.481 e. The molecule has 4 rings (SSSR count). The number of nitrogen functional groups attached to an aromatic ring is 1. The molecule has 7 nitrogen and oxygen atoms in total. The summed E-state index contributed by atoms with van der Waals surface area (Å²) in [6, 6.07) is 17.6. The average molecular weight is 473 g/mol. The number of carbonyl (C=O) groups excluding carboxylic acids is 1. The molecule has 7 heteroatoms. The normalized spacial score (nSPS) is 13.8. The summed E-state index contributed by atoms with van der Waals surface area (Å²) in [7, 11) is 0. The predicted octanol–water partition coefficient (Wildman–Crippen LogP) is 4.83. The van der Waals surface area contributed by atoms with Gasteiger partial charge in [-0.1, -0.05) is 37.1 Å². The van der Waals surface area contributed by atoms with Gasteiger partial charge in [0.2, 0.25) is 0 Å². The maximum Gasteiger partial charge on any atom is 0.305 e. The number of aromatic nitrogens is 1. The number of carboxylic acid groups (broad SMARTS) is 1. The molecule has 0 bridgehead atoms. The van der Waals surface area contributed by atoms with Crippen LogP contribution in [0.15, 0.2) is 67.0 Å². The highest BCUT2D eigenvalue weighted by Crippen LogP contribution is 2.31. The minimum absolute atomic E-state index is 0.116. The van der Waals surface area contributed by atoms with E-state index in [1.807, 2.05) is 30.3 Å². The lowest BCUT2D eigenvalue weighted by Crippen LogP contribution is -2.32. The first kappa shape index (κ1) is 24.3. The lowest BCUT2D eigenvalue weighted by molar-refractivity contribution is -0.137. The summed E-state index contributed by atoms with van der Waals surface area (Å²) < 4.78 is 0. The smallest absolute Gasteiger partial charge is 0.305 e. The Bertz CT molecular complexity index is 1160. The van der Waals surface area contributed by atoms with Crippen molar-refractivity contribution in [3.63, 3.8) is 0 Å². The summed E-state index contributed by atoms with van der Waals surface area (Å²) in [5, 5.41) is 9.17. The Hall–Kier alpha value is -3.87. The number of carbonyl (C=O) groups is 2. The number of aliphatic carboxylic acids is 1. The maximum absolute atomic E-state index is 13.0. The van der Waals surface area contributed by atoms with E-state index in [9.17, 15) is 9.59 Å². The van der Waals surface area contributed by atoms with Crippen LogP contribution >= 0.6 is 0 Å². The van der Waals surface area contributed by atoms with Gasteiger partial charge in [0.05, 0.1) is 23.4 Å². The van der Waals surface area contributed by atoms with Crippen LogP contribution in [0.4, 0.5) is 11.4 Å². The first-order chi connectivity index (χ1) is 17.0. The zero-order chi connectivity index (χ0) is 24.6. The Balaban J connectivity index is 1.54. The molecule has 0 radical (unpaired) electrons. The Morgan fingerprint density at radius 2 is 1.74 bits per heavy atom. The molecule has 35 heavy (non-hydrogen) atoms. The summed E-state index contributed by atoms with van der Waals surface area (Å²) in [6.45, 7) is 2.49. The molecule has 1 aliphatic heterocycles. The van der Waals surface area contributed by atoms with Crippen molar-refractivity contribution in [3.8, 4) is 11.1 Å². The van der Waals surface area contributed by atoms with Crippen LogP contribution < -0.4 is 10.6 Å². The number of nitrogens with two attached hydrogens (primary N) is 1. The van der Waals surface area contributed by atoms with Gasteiger partial charge in [0.15, 0.2) is 0 Å². The Labute approximate surface area is 206 Å². The van der Waals surface area contributed by atoms with E-state index in [2.05, 4.69) is 22.0 Å². The van der Waals surface area contributed by atoms with E-state index in [0.29, 0.717) is 12.1 Å². The van der Waals surface area contributed by atoms with Crippen molar-refractivity contribution < 1.29 is 14.7 Å². The fourth-order valence-corrected chi connectivity index (χ4v) is 4.56. The SMILES string of the molecule is Nc1cc(-c2cccc(CN(CCC(=O)O)C(=O)c3cccnc3)c2)ccc1N1CCCCCC1. The number of anilines is 2. The molecule has 182 valence electrons. The number of nitrogens with zero attached hydrogens (tertiary/aromatic N) is 3. The summed E-state index contributed by atoms with van der Waals surface area (Å²) >= 11 is 0. The van der Waals surface area contributed by atoms with Crippen molar-refractivity contribution in [1.82, 2.24) is 9.88 Å². The summed E-state index contributed by atoms with van der Waals surface area (Å²) in [5.74, 6) is -1.18. The van der Waals surface area contributed by atoms with E-state index in [1.54, 1.807) is 23.2 Å². The van der Waals surface area contributed by atoms with E-state index < -0.39 is 5.97 Å². The summed E-state index contributed by atoms with van der Waals surface area (Å²) in [4.78, 5) is 32.2. The topological polar surface area (TPSA) is 99.8 Å². The van der Waals surface area contributed by atoms with Gasteiger partial charge < -0.3 is 20.6 Å². The summed E-state index contributed by atoms with van der Waals surface area (Å²) in [5.41, 5.74) is 11.7. The largest absolute Gasteiger partial charge is 0.481 e. The van der Waals surface area contributed by atoms with E-state index in [-0.39, 0.29) is 18.9 Å². The highest BCUT2D eigenvalue weighted by molar-refractivity contribution is 5.94. The second-order valence-corrected chi connectivity index (χ2v) is 8.99. The maximum atomic E-state index is 13.0. The van der Waals surface area contributed by atoms with Crippen LogP contribution in [0.25, 0.3) is 11.1 Å². The zero-order valence-electron chi connectivity index (χ0n) is 19.9. The monoisotopic (exact) mass is 472 g/mol. The molecule has 0 spiro atoms. The molecule has 1 amide bonds. The van der Waals surface area contributed by atoms with Crippen LogP contribution in [0.1, 0.15) is 48.0 Å². The van der Waals surface area contributed by atoms with Crippen LogP contribution in [-0.4, -0.2) is 46.5 Å². The Morgan fingerprint density at radius 3 is 2.43 bits per heavy atom. The second-order valence-electron chi connectivity index (χ2n) is 8.99. The van der Waals surface area contributed by atoms with Crippen molar-refractivity contribution in [3.05, 3.63) is 78.1 Å². The Morgan fingerprint density at radius 1 is 0.971 bits per heavy atom. The molecule has 0 atom stereocenters. The van der Waals surface area contributed by atoms with Gasteiger partial charge in [-0.15, -0.1) is 0 Å². The first-order valence-corrected chi connectivity index (χ1v) is 12.2. The third kappa shape index (κ3) is 6.38. The van der Waals surface area contributed by atoms with Crippen molar-refractivity contribution in [2.75, 3.05) is 30.3 Å². The van der Waals surface area contributed by atoms with Gasteiger partial charge in [-0.05, 0) is 59.9 Å². The molecule has 0 saturated carbocycles. The van der Waals surface area contributed by atoms with Crippen molar-refractivity contribution in [2.45, 2.75) is 38.6 Å². The van der Waals surface area contributed by atoms with Crippen LogP contribution in [0.5, 0.6) is 0 Å². The van der Waals surface area contributed by atoms with Gasteiger partial charge in [-0.3, -0.25) is 14.6 Å². The molecular weight excluding hydrogens is 440 g/mol. The van der Waals surface area contributed by atoms with E-state index in [0.717, 1.165) is 41.2 Å². The molecule has 0 aliphatic carbocycles. The molecule has 1 fully saturated rings. The third-order valence-electron chi connectivity index (χ3n) is 6.40. The highest BCUT2D eigenvalue weighted by atomic mass is 16.4. The first-order valence-electron chi connectivity index (χ1n) is 12.2. The average Bonchev–Trinajstić information content (AvgIpc) is 3.16. The minimum atomic E-state index is -0.942. The van der Waals surface area contributed by atoms with Crippen molar-refractivity contribution in [2.24, 2.45) is 0 Å². The van der Waals surface area contributed by atoms with Crippen LogP contribution in [-0.2, 0) is 11.3 Å². The lowest BCUT2D eigenvalue weighted by Gasteiger charge is -2.25. The number of carboxylic acids is 1. The molecule has 1 saturated heterocycles. The van der Waals surface area contributed by atoms with Gasteiger partial charge >= 0.3 is 5.97 Å². The van der Waals surface area contributed by atoms with E-state index in [1.165, 1.54) is 31.9 Å². The predicted molar refractivity (Wildman–Crippen MR) is 138 cm³/mol. The van der Waals surface area contributed by atoms with E-state index >= 15 is 0 Å². The number of hydrogen-bond acceptors (Lipinski definition) is 5. The summed E-state index contributed by atoms with van der Waals surface area (Å²) in [6.07, 6.45) is 7.91. The number of rotatable bonds is 8. The number of hydrogen-bond donors (Lipinski definition) is 2. The number of benzene rings is 2. The number of pyridine rings is 1. The molecular formula is C28H32N4O3. The van der Waals surface area contributed by atoms with Gasteiger partial charge in [-0.25, -0.2) is 0 Å². The third-order valence-corrected chi connectivity index (χ3v) is 6.40. The standard InChI is InChI=1S/C28H32N4O3/c29-25-18-23(10-11-26(25)31-14-3-1-2-4-15-31)22-8-5-7-21(17-22)20-32(16-12-27(33)34)28(35)24-9-6-13-30-19-24/h5-11,13,17-19H,1-4,12,14-16,20,29H2,(H,33,34). The molecule has 2 aromatic carbocycles. The molecule has 0 unspecified atom stereocenters. The molecule has 2 heterocycles. The van der Waals surface area contributed by atoms with Crippen LogP contribution in [0.2, 0.25) is 0 Å². The fraction of sp³-hybridized carbons (Fsp3) is 0.321. The van der Waals surface area contributed by atoms with E-state index in [4.69, 9.17) is 10.8 Å². The quantitative estimate of drug-likeness (QED) is 0.456. The lowest BCUT2D eigenvalue weighted by atomic mass is 10.0. The van der Waals surface area contributed by atoms with Crippen LogP contribution in [0.3, 0.4) is 0 Å². The highest BCUT2D eigenvalue weighted by Gasteiger charge is 2.18. The fourth-order valence-electron chi connectivity index (χ4n) is 4.56. The van der Waals surface area contributed by atoms with Gasteiger partial charge in [-0.2, -0.15) is 0 Å². The molecule has 3 aromatic rings. The molecule has 1 aromatic heterocycles. The second kappa shape index (κ2) is 11.5. The van der Waals surface area contributed by atoms with Crippen LogP contribution in [0, 0.1) is 0 Å². The molecule has 1 aliphatic rings. The zero-order valence-corrected chi connectivity index (χ0v) is 19.9. The Kier molecular flexibility index (Phi) is 7.98. The van der Waals surface area contributed by atoms with Crippen molar-refractivity contribution in [1.29, 1.82) is 0 Å². The number of amides is 1. The van der Waals surface area contributed by atoms with Crippen molar-refractivity contribution >= 4 is 23.3 Å².